The Labute approximate surface area is 207 Å². The van der Waals surface area contributed by atoms with Crippen LogP contribution in [0, 0.1) is 13.8 Å². The Hall–Kier alpha value is -3.58. The van der Waals surface area contributed by atoms with Crippen molar-refractivity contribution in [1.29, 1.82) is 0 Å². The Bertz CT molecular complexity index is 1470. The summed E-state index contributed by atoms with van der Waals surface area (Å²) in [6.45, 7) is 9.94. The van der Waals surface area contributed by atoms with Gasteiger partial charge >= 0.3 is 0 Å². The average molecular weight is 490 g/mol. The van der Waals surface area contributed by atoms with Crippen LogP contribution in [0.15, 0.2) is 82.7 Å². The number of nitrogens with zero attached hydrogens (tertiary/aromatic N) is 2. The summed E-state index contributed by atoms with van der Waals surface area (Å²) in [6, 6.07) is 20.1. The number of sulfone groups is 1. The number of para-hydroxylation sites is 1. The molecule has 0 aliphatic rings. The van der Waals surface area contributed by atoms with E-state index in [4.69, 9.17) is 0 Å². The van der Waals surface area contributed by atoms with Gasteiger partial charge in [0.1, 0.15) is 6.54 Å². The summed E-state index contributed by atoms with van der Waals surface area (Å²) in [5, 5.41) is 3.58. The Morgan fingerprint density at radius 3 is 2.29 bits per heavy atom. The van der Waals surface area contributed by atoms with Crippen LogP contribution in [0.5, 0.6) is 0 Å². The molecule has 4 rings (SSSR count). The molecule has 0 bridgehead atoms. The second kappa shape index (κ2) is 9.96. The first-order chi connectivity index (χ1) is 16.7. The van der Waals surface area contributed by atoms with Crippen LogP contribution in [0.4, 0.5) is 11.4 Å². The fraction of sp³-hybridized carbons (Fsp3) is 0.250. The van der Waals surface area contributed by atoms with E-state index >= 15 is 0 Å². The van der Waals surface area contributed by atoms with E-state index in [9.17, 15) is 13.2 Å². The van der Waals surface area contributed by atoms with Crippen molar-refractivity contribution in [3.05, 3.63) is 84.1 Å². The molecule has 7 heteroatoms. The molecule has 1 amide bonds. The first-order valence-corrected chi connectivity index (χ1v) is 13.3. The lowest BCUT2D eigenvalue weighted by atomic mass is 10.1. The number of benzene rings is 3. The van der Waals surface area contributed by atoms with E-state index in [1.165, 1.54) is 0 Å². The van der Waals surface area contributed by atoms with E-state index in [0.717, 1.165) is 35.6 Å². The van der Waals surface area contributed by atoms with Crippen LogP contribution in [0.1, 0.15) is 25.0 Å². The van der Waals surface area contributed by atoms with Crippen molar-refractivity contribution >= 4 is 38.0 Å². The van der Waals surface area contributed by atoms with Gasteiger partial charge in [-0.2, -0.15) is 0 Å². The largest absolute Gasteiger partial charge is 0.372 e. The molecule has 0 atom stereocenters. The van der Waals surface area contributed by atoms with Gasteiger partial charge in [-0.3, -0.25) is 4.79 Å². The van der Waals surface area contributed by atoms with Gasteiger partial charge < -0.3 is 14.8 Å². The van der Waals surface area contributed by atoms with Crippen molar-refractivity contribution < 1.29 is 13.2 Å². The number of rotatable bonds is 8. The first-order valence-electron chi connectivity index (χ1n) is 11.8. The Morgan fingerprint density at radius 1 is 0.943 bits per heavy atom. The van der Waals surface area contributed by atoms with Gasteiger partial charge in [0.05, 0.1) is 9.79 Å². The average Bonchev–Trinajstić information content (AvgIpc) is 3.21. The van der Waals surface area contributed by atoms with E-state index in [2.05, 4.69) is 30.1 Å². The molecular formula is C28H31N3O3S. The fourth-order valence-electron chi connectivity index (χ4n) is 4.32. The number of aryl methyl sites for hydroxylation is 2. The minimum atomic E-state index is -3.74. The van der Waals surface area contributed by atoms with Crippen LogP contribution in [-0.4, -0.2) is 32.0 Å². The number of anilines is 2. The third-order valence-corrected chi connectivity index (χ3v) is 8.10. The van der Waals surface area contributed by atoms with Crippen LogP contribution >= 0.6 is 0 Å². The van der Waals surface area contributed by atoms with Crippen molar-refractivity contribution in [2.24, 2.45) is 0 Å². The highest BCUT2D eigenvalue weighted by atomic mass is 32.2. The summed E-state index contributed by atoms with van der Waals surface area (Å²) < 4.78 is 28.5. The zero-order valence-electron chi connectivity index (χ0n) is 20.6. The SMILES string of the molecule is CCN(CC)c1ccc(NC(=O)Cn2cc(S(=O)(=O)c3ccc(C)cc3)c3ccccc32)c(C)c1. The highest BCUT2D eigenvalue weighted by Crippen LogP contribution is 2.30. The number of nitrogens with one attached hydrogen (secondary N) is 1. The lowest BCUT2D eigenvalue weighted by Gasteiger charge is -2.22. The number of hydrogen-bond donors (Lipinski definition) is 1. The predicted molar refractivity (Wildman–Crippen MR) is 142 cm³/mol. The zero-order chi connectivity index (χ0) is 25.2. The molecule has 6 nitrogen and oxygen atoms in total. The molecule has 0 unspecified atom stereocenters. The van der Waals surface area contributed by atoms with E-state index in [-0.39, 0.29) is 22.2 Å². The molecule has 1 heterocycles. The van der Waals surface area contributed by atoms with E-state index in [0.29, 0.717) is 10.9 Å². The standard InChI is InChI=1S/C28H31N3O3S/c1-5-30(6-2)22-13-16-25(21(4)17-22)29-28(32)19-31-18-27(24-9-7-8-10-26(24)31)35(33,34)23-14-11-20(3)12-15-23/h7-18H,5-6,19H2,1-4H3,(H,29,32). The Kier molecular flexibility index (Phi) is 6.98. The number of amides is 1. The smallest absolute Gasteiger partial charge is 0.244 e. The van der Waals surface area contributed by atoms with Gasteiger partial charge in [-0.1, -0.05) is 35.9 Å². The minimum Gasteiger partial charge on any atom is -0.372 e. The van der Waals surface area contributed by atoms with Gasteiger partial charge in [0, 0.05) is 41.6 Å². The van der Waals surface area contributed by atoms with Crippen LogP contribution in [0.3, 0.4) is 0 Å². The van der Waals surface area contributed by atoms with Gasteiger partial charge in [0.25, 0.3) is 0 Å². The highest BCUT2D eigenvalue weighted by molar-refractivity contribution is 7.91. The Balaban J connectivity index is 1.62. The van der Waals surface area contributed by atoms with Gasteiger partial charge in [-0.15, -0.1) is 0 Å². The van der Waals surface area contributed by atoms with Crippen molar-refractivity contribution in [2.75, 3.05) is 23.3 Å². The van der Waals surface area contributed by atoms with Gasteiger partial charge in [-0.05, 0) is 69.7 Å². The third kappa shape index (κ3) is 4.95. The molecule has 0 aliphatic heterocycles. The lowest BCUT2D eigenvalue weighted by Crippen LogP contribution is -2.22. The monoisotopic (exact) mass is 489 g/mol. The van der Waals surface area contributed by atoms with Gasteiger partial charge in [0.2, 0.25) is 15.7 Å². The van der Waals surface area contributed by atoms with Gasteiger partial charge in [-0.25, -0.2) is 8.42 Å². The highest BCUT2D eigenvalue weighted by Gasteiger charge is 2.24. The van der Waals surface area contributed by atoms with E-state index in [1.54, 1.807) is 41.1 Å². The quantitative estimate of drug-likeness (QED) is 0.351. The van der Waals surface area contributed by atoms with Crippen LogP contribution in [0.25, 0.3) is 10.9 Å². The molecule has 4 aromatic rings. The predicted octanol–water partition coefficient (Wildman–Crippen LogP) is 5.58. The molecule has 1 aromatic heterocycles. The molecule has 182 valence electrons. The second-order valence-corrected chi connectivity index (χ2v) is 10.6. The maximum absolute atomic E-state index is 13.4. The van der Waals surface area contributed by atoms with Gasteiger partial charge in [0.15, 0.2) is 0 Å². The van der Waals surface area contributed by atoms with E-state index < -0.39 is 9.84 Å². The fourth-order valence-corrected chi connectivity index (χ4v) is 5.80. The normalized spacial score (nSPS) is 11.5. The number of aromatic nitrogens is 1. The minimum absolute atomic E-state index is 0.00116. The first kappa shape index (κ1) is 24.5. The van der Waals surface area contributed by atoms with Crippen molar-refractivity contribution in [3.63, 3.8) is 0 Å². The third-order valence-electron chi connectivity index (χ3n) is 6.30. The maximum atomic E-state index is 13.4. The molecule has 0 saturated heterocycles. The van der Waals surface area contributed by atoms with Crippen molar-refractivity contribution in [3.8, 4) is 0 Å². The molecule has 3 aromatic carbocycles. The summed E-state index contributed by atoms with van der Waals surface area (Å²) in [4.78, 5) is 15.7. The molecule has 0 saturated carbocycles. The summed E-state index contributed by atoms with van der Waals surface area (Å²) in [6.07, 6.45) is 1.57. The maximum Gasteiger partial charge on any atom is 0.244 e. The number of carbonyl (C=O) groups excluding carboxylic acids is 1. The van der Waals surface area contributed by atoms with Crippen LogP contribution < -0.4 is 10.2 Å². The molecular weight excluding hydrogens is 458 g/mol. The van der Waals surface area contributed by atoms with E-state index in [1.807, 2.05) is 44.2 Å². The summed E-state index contributed by atoms with van der Waals surface area (Å²) in [5.74, 6) is -0.219. The lowest BCUT2D eigenvalue weighted by molar-refractivity contribution is -0.116. The number of hydrogen-bond acceptors (Lipinski definition) is 4. The van der Waals surface area contributed by atoms with Crippen molar-refractivity contribution in [2.45, 2.75) is 44.0 Å². The summed E-state index contributed by atoms with van der Waals surface area (Å²) in [5.41, 5.74) is 4.52. The number of carbonyl (C=O) groups is 1. The molecule has 1 N–H and O–H groups in total. The molecule has 35 heavy (non-hydrogen) atoms. The molecule has 0 fully saturated rings. The molecule has 0 spiro atoms. The topological polar surface area (TPSA) is 71.4 Å². The molecule has 0 radical (unpaired) electrons. The molecule has 0 aliphatic carbocycles. The summed E-state index contributed by atoms with van der Waals surface area (Å²) >= 11 is 0. The zero-order valence-corrected chi connectivity index (χ0v) is 21.4. The van der Waals surface area contributed by atoms with Crippen LogP contribution in [0.2, 0.25) is 0 Å². The second-order valence-electron chi connectivity index (χ2n) is 8.67. The van der Waals surface area contributed by atoms with Crippen molar-refractivity contribution in [1.82, 2.24) is 4.57 Å². The van der Waals surface area contributed by atoms with Crippen LogP contribution in [-0.2, 0) is 21.2 Å². The Morgan fingerprint density at radius 2 is 1.63 bits per heavy atom. The summed E-state index contributed by atoms with van der Waals surface area (Å²) in [7, 11) is -3.74. The number of fused-ring (bicyclic) bond motifs is 1.